The van der Waals surface area contributed by atoms with Gasteiger partial charge in [0.1, 0.15) is 0 Å². The minimum absolute atomic E-state index is 0.0847. The standard InChI is InChI=1S/C14H17NO4S/c1-2-19-14(16)15(10-12-6-4-3-5-7-12)13-8-9-20(17,18)11-13/h3-9,13H,2,10-11H2,1H3. The molecule has 1 aliphatic heterocycles. The van der Waals surface area contributed by atoms with Crippen molar-refractivity contribution in [2.24, 2.45) is 0 Å². The zero-order valence-electron chi connectivity index (χ0n) is 11.2. The van der Waals surface area contributed by atoms with Crippen LogP contribution in [0.2, 0.25) is 0 Å². The van der Waals surface area contributed by atoms with Crippen molar-refractivity contribution >= 4 is 15.9 Å². The fraction of sp³-hybridized carbons (Fsp3) is 0.357. The zero-order valence-corrected chi connectivity index (χ0v) is 12.0. The summed E-state index contributed by atoms with van der Waals surface area (Å²) >= 11 is 0. The number of sulfone groups is 1. The van der Waals surface area contributed by atoms with Gasteiger partial charge in [-0.3, -0.25) is 4.90 Å². The number of hydrogen-bond acceptors (Lipinski definition) is 4. The minimum atomic E-state index is -3.21. The van der Waals surface area contributed by atoms with Crippen LogP contribution >= 0.6 is 0 Å². The van der Waals surface area contributed by atoms with E-state index in [1.807, 2.05) is 30.3 Å². The Labute approximate surface area is 118 Å². The van der Waals surface area contributed by atoms with E-state index in [1.165, 1.54) is 11.0 Å². The summed E-state index contributed by atoms with van der Waals surface area (Å²) in [5, 5.41) is 1.16. The van der Waals surface area contributed by atoms with Gasteiger partial charge in [0.05, 0.1) is 18.4 Å². The van der Waals surface area contributed by atoms with Gasteiger partial charge < -0.3 is 4.74 Å². The molecule has 20 heavy (non-hydrogen) atoms. The molecular weight excluding hydrogens is 278 g/mol. The van der Waals surface area contributed by atoms with Gasteiger partial charge in [-0.05, 0) is 18.6 Å². The van der Waals surface area contributed by atoms with Crippen LogP contribution in [-0.2, 0) is 21.1 Å². The van der Waals surface area contributed by atoms with E-state index in [-0.39, 0.29) is 12.4 Å². The van der Waals surface area contributed by atoms with Crippen LogP contribution in [0.4, 0.5) is 4.79 Å². The topological polar surface area (TPSA) is 63.7 Å². The molecule has 1 heterocycles. The van der Waals surface area contributed by atoms with Gasteiger partial charge in [-0.2, -0.15) is 0 Å². The summed E-state index contributed by atoms with van der Waals surface area (Å²) in [6.45, 7) is 2.30. The second-order valence-corrected chi connectivity index (χ2v) is 6.47. The molecule has 0 aromatic heterocycles. The van der Waals surface area contributed by atoms with Crippen LogP contribution in [-0.4, -0.2) is 37.8 Å². The first kappa shape index (κ1) is 14.6. The molecule has 0 saturated heterocycles. The fourth-order valence-corrected chi connectivity index (χ4v) is 3.36. The van der Waals surface area contributed by atoms with E-state index in [1.54, 1.807) is 6.92 Å². The lowest BCUT2D eigenvalue weighted by Gasteiger charge is -2.26. The van der Waals surface area contributed by atoms with Gasteiger partial charge in [-0.1, -0.05) is 30.3 Å². The molecule has 1 aromatic carbocycles. The Bertz CT molecular complexity index is 595. The number of carbonyl (C=O) groups is 1. The summed E-state index contributed by atoms with van der Waals surface area (Å²) in [4.78, 5) is 13.5. The van der Waals surface area contributed by atoms with E-state index in [0.29, 0.717) is 6.54 Å². The fourth-order valence-electron chi connectivity index (χ4n) is 2.06. The van der Waals surface area contributed by atoms with Gasteiger partial charge in [0.15, 0.2) is 9.84 Å². The summed E-state index contributed by atoms with van der Waals surface area (Å²) in [6, 6.07) is 8.94. The summed E-state index contributed by atoms with van der Waals surface area (Å²) in [7, 11) is -3.21. The average molecular weight is 295 g/mol. The highest BCUT2D eigenvalue weighted by Crippen LogP contribution is 2.18. The first-order chi connectivity index (χ1) is 9.52. The average Bonchev–Trinajstić information content (AvgIpc) is 2.77. The number of benzene rings is 1. The maximum absolute atomic E-state index is 12.0. The van der Waals surface area contributed by atoms with Crippen molar-refractivity contribution in [3.8, 4) is 0 Å². The smallest absolute Gasteiger partial charge is 0.410 e. The van der Waals surface area contributed by atoms with Gasteiger partial charge in [0.2, 0.25) is 0 Å². The first-order valence-electron chi connectivity index (χ1n) is 6.40. The lowest BCUT2D eigenvalue weighted by Crippen LogP contribution is -2.40. The first-order valence-corrected chi connectivity index (χ1v) is 8.11. The Morgan fingerprint density at radius 1 is 1.35 bits per heavy atom. The molecule has 1 aromatic rings. The molecule has 2 rings (SSSR count). The lowest BCUT2D eigenvalue weighted by atomic mass is 10.2. The number of nitrogens with zero attached hydrogens (tertiary/aromatic N) is 1. The van der Waals surface area contributed by atoms with E-state index >= 15 is 0 Å². The normalized spacial score (nSPS) is 19.8. The number of amides is 1. The van der Waals surface area contributed by atoms with Crippen molar-refractivity contribution in [2.75, 3.05) is 12.4 Å². The minimum Gasteiger partial charge on any atom is -0.450 e. The van der Waals surface area contributed by atoms with Crippen molar-refractivity contribution in [1.82, 2.24) is 4.90 Å². The molecule has 1 atom stereocenters. The van der Waals surface area contributed by atoms with Crippen LogP contribution in [0.1, 0.15) is 12.5 Å². The quantitative estimate of drug-likeness (QED) is 0.851. The van der Waals surface area contributed by atoms with Crippen molar-refractivity contribution in [2.45, 2.75) is 19.5 Å². The van der Waals surface area contributed by atoms with E-state index < -0.39 is 22.0 Å². The monoisotopic (exact) mass is 295 g/mol. The van der Waals surface area contributed by atoms with E-state index in [2.05, 4.69) is 0 Å². The second kappa shape index (κ2) is 6.09. The Kier molecular flexibility index (Phi) is 4.44. The van der Waals surface area contributed by atoms with E-state index in [9.17, 15) is 13.2 Å². The number of ether oxygens (including phenoxy) is 1. The predicted molar refractivity (Wildman–Crippen MR) is 75.7 cm³/mol. The van der Waals surface area contributed by atoms with Crippen LogP contribution in [0, 0.1) is 0 Å². The maximum Gasteiger partial charge on any atom is 0.410 e. The number of carbonyl (C=O) groups excluding carboxylic acids is 1. The number of rotatable bonds is 4. The van der Waals surface area contributed by atoms with Gasteiger partial charge in [0.25, 0.3) is 0 Å². The van der Waals surface area contributed by atoms with Crippen LogP contribution in [0.25, 0.3) is 0 Å². The third-order valence-corrected chi connectivity index (χ3v) is 4.39. The molecule has 1 amide bonds. The zero-order chi connectivity index (χ0) is 14.6. The van der Waals surface area contributed by atoms with Crippen molar-refractivity contribution in [3.63, 3.8) is 0 Å². The largest absolute Gasteiger partial charge is 0.450 e. The molecule has 6 heteroatoms. The molecule has 1 unspecified atom stereocenters. The third-order valence-electron chi connectivity index (χ3n) is 3.01. The van der Waals surface area contributed by atoms with Gasteiger partial charge in [-0.15, -0.1) is 0 Å². The highest BCUT2D eigenvalue weighted by molar-refractivity contribution is 7.94. The summed E-state index contributed by atoms with van der Waals surface area (Å²) in [5.41, 5.74) is 0.929. The molecule has 0 bridgehead atoms. The van der Waals surface area contributed by atoms with Crippen LogP contribution in [0.5, 0.6) is 0 Å². The highest BCUT2D eigenvalue weighted by atomic mass is 32.2. The molecule has 0 aliphatic carbocycles. The molecular formula is C14H17NO4S. The van der Waals surface area contributed by atoms with Crippen molar-refractivity contribution in [1.29, 1.82) is 0 Å². The highest BCUT2D eigenvalue weighted by Gasteiger charge is 2.31. The molecule has 0 saturated carbocycles. The van der Waals surface area contributed by atoms with Crippen molar-refractivity contribution < 1.29 is 17.9 Å². The molecule has 0 N–H and O–H groups in total. The van der Waals surface area contributed by atoms with E-state index in [0.717, 1.165) is 11.0 Å². The Morgan fingerprint density at radius 2 is 2.05 bits per heavy atom. The lowest BCUT2D eigenvalue weighted by molar-refractivity contribution is 0.0979. The summed E-state index contributed by atoms with van der Waals surface area (Å²) in [5.74, 6) is -0.0847. The summed E-state index contributed by atoms with van der Waals surface area (Å²) < 4.78 is 28.0. The van der Waals surface area contributed by atoms with Crippen LogP contribution in [0.15, 0.2) is 41.8 Å². The third kappa shape index (κ3) is 3.60. The molecule has 108 valence electrons. The maximum atomic E-state index is 12.0. The second-order valence-electron chi connectivity index (χ2n) is 4.54. The van der Waals surface area contributed by atoms with Gasteiger partial charge >= 0.3 is 6.09 Å². The van der Waals surface area contributed by atoms with Crippen LogP contribution in [0.3, 0.4) is 0 Å². The van der Waals surface area contributed by atoms with Crippen molar-refractivity contribution in [3.05, 3.63) is 47.4 Å². The Hall–Kier alpha value is -1.82. The van der Waals surface area contributed by atoms with Gasteiger partial charge in [-0.25, -0.2) is 13.2 Å². The predicted octanol–water partition coefficient (Wildman–Crippen LogP) is 1.96. The van der Waals surface area contributed by atoms with E-state index in [4.69, 9.17) is 4.74 Å². The molecule has 0 spiro atoms. The Balaban J connectivity index is 2.18. The molecule has 0 radical (unpaired) electrons. The Morgan fingerprint density at radius 3 is 2.60 bits per heavy atom. The molecule has 1 aliphatic rings. The summed E-state index contributed by atoms with van der Waals surface area (Å²) in [6.07, 6.45) is 1.04. The number of hydrogen-bond donors (Lipinski definition) is 0. The SMILES string of the molecule is CCOC(=O)N(Cc1ccccc1)C1C=CS(=O)(=O)C1. The van der Waals surface area contributed by atoms with Crippen LogP contribution < -0.4 is 0 Å². The molecule has 0 fully saturated rings. The molecule has 5 nitrogen and oxygen atoms in total. The van der Waals surface area contributed by atoms with Gasteiger partial charge in [0, 0.05) is 12.0 Å².